The number of benzene rings is 2. The average Bonchev–Trinajstić information content (AvgIpc) is 3.05. The zero-order valence-corrected chi connectivity index (χ0v) is 17.8. The number of carbonyl (C=O) groups is 2. The van der Waals surface area contributed by atoms with Crippen LogP contribution in [0.4, 0.5) is 4.79 Å². The zero-order valence-electron chi connectivity index (χ0n) is 17.1. The van der Waals surface area contributed by atoms with Crippen molar-refractivity contribution < 1.29 is 9.59 Å². The van der Waals surface area contributed by atoms with Gasteiger partial charge in [0.15, 0.2) is 0 Å². The van der Waals surface area contributed by atoms with E-state index in [1.807, 2.05) is 30.3 Å². The van der Waals surface area contributed by atoms with Gasteiger partial charge in [-0.3, -0.25) is 15.0 Å². The third-order valence-electron chi connectivity index (χ3n) is 6.45. The van der Waals surface area contributed by atoms with Crippen molar-refractivity contribution in [3.63, 3.8) is 0 Å². The summed E-state index contributed by atoms with van der Waals surface area (Å²) in [6.07, 6.45) is 4.23. The van der Waals surface area contributed by atoms with Crippen LogP contribution >= 0.6 is 11.6 Å². The maximum Gasteiger partial charge on any atom is 0.322 e. The SMILES string of the molecule is O=C1NC(=O)[C@](CCCc2ccccc2)(C2CCN(Cc3ccc(Cl)cc3)CC2)N1. The van der Waals surface area contributed by atoms with E-state index >= 15 is 0 Å². The van der Waals surface area contributed by atoms with Crippen molar-refractivity contribution in [2.24, 2.45) is 5.92 Å². The molecule has 2 aliphatic rings. The molecule has 0 radical (unpaired) electrons. The molecule has 2 aromatic carbocycles. The number of rotatable bonds is 7. The number of aryl methyl sites for hydroxylation is 1. The molecule has 0 bridgehead atoms. The summed E-state index contributed by atoms with van der Waals surface area (Å²) in [5.74, 6) is -0.00194. The fraction of sp³-hybridized carbons (Fsp3) is 0.417. The lowest BCUT2D eigenvalue weighted by atomic mass is 9.74. The predicted molar refractivity (Wildman–Crippen MR) is 118 cm³/mol. The lowest BCUT2D eigenvalue weighted by Crippen LogP contribution is -2.56. The maximum atomic E-state index is 12.8. The molecule has 0 unspecified atom stereocenters. The Balaban J connectivity index is 1.38. The minimum absolute atomic E-state index is 0.154. The van der Waals surface area contributed by atoms with E-state index in [9.17, 15) is 9.59 Å². The van der Waals surface area contributed by atoms with Crippen LogP contribution in [-0.4, -0.2) is 35.5 Å². The normalized spacial score (nSPS) is 22.7. The van der Waals surface area contributed by atoms with Crippen LogP contribution in [0.5, 0.6) is 0 Å². The highest BCUT2D eigenvalue weighted by Gasteiger charge is 2.51. The van der Waals surface area contributed by atoms with Crippen molar-refractivity contribution in [3.8, 4) is 0 Å². The molecule has 2 N–H and O–H groups in total. The Kier molecular flexibility index (Phi) is 6.40. The minimum atomic E-state index is -0.780. The number of imide groups is 1. The summed E-state index contributed by atoms with van der Waals surface area (Å²) >= 11 is 5.98. The Hall–Kier alpha value is -2.37. The van der Waals surface area contributed by atoms with Crippen LogP contribution in [-0.2, 0) is 17.8 Å². The molecular formula is C24H28ClN3O2. The summed E-state index contributed by atoms with van der Waals surface area (Å²) in [4.78, 5) is 27.3. The van der Waals surface area contributed by atoms with Gasteiger partial charge in [0.25, 0.3) is 5.91 Å². The van der Waals surface area contributed by atoms with Crippen molar-refractivity contribution in [1.82, 2.24) is 15.5 Å². The van der Waals surface area contributed by atoms with Crippen LogP contribution in [0.3, 0.4) is 0 Å². The van der Waals surface area contributed by atoms with Gasteiger partial charge in [-0.05, 0) is 74.4 Å². The largest absolute Gasteiger partial charge is 0.323 e. The number of carbonyl (C=O) groups excluding carboxylic acids is 2. The number of amides is 3. The van der Waals surface area contributed by atoms with E-state index in [4.69, 9.17) is 11.6 Å². The quantitative estimate of drug-likeness (QED) is 0.655. The first-order valence-corrected chi connectivity index (χ1v) is 11.1. The summed E-state index contributed by atoms with van der Waals surface area (Å²) in [5.41, 5.74) is 1.72. The molecule has 2 heterocycles. The van der Waals surface area contributed by atoms with Crippen LogP contribution in [0, 0.1) is 5.92 Å². The van der Waals surface area contributed by atoms with Gasteiger partial charge in [0.05, 0.1) is 0 Å². The van der Waals surface area contributed by atoms with E-state index in [1.165, 1.54) is 11.1 Å². The predicted octanol–water partition coefficient (Wildman–Crippen LogP) is 4.15. The monoisotopic (exact) mass is 425 g/mol. The van der Waals surface area contributed by atoms with Gasteiger partial charge in [-0.15, -0.1) is 0 Å². The molecule has 2 aliphatic heterocycles. The fourth-order valence-corrected chi connectivity index (χ4v) is 4.95. The molecule has 4 rings (SSSR count). The van der Waals surface area contributed by atoms with E-state index in [2.05, 4.69) is 39.8 Å². The second kappa shape index (κ2) is 9.19. The smallest absolute Gasteiger partial charge is 0.322 e. The number of likely N-dealkylation sites (tertiary alicyclic amines) is 1. The Bertz CT molecular complexity index is 879. The van der Waals surface area contributed by atoms with Gasteiger partial charge in [-0.2, -0.15) is 0 Å². The Morgan fingerprint density at radius 2 is 1.67 bits per heavy atom. The minimum Gasteiger partial charge on any atom is -0.323 e. The topological polar surface area (TPSA) is 61.4 Å². The van der Waals surface area contributed by atoms with E-state index < -0.39 is 5.54 Å². The molecule has 0 spiro atoms. The molecule has 0 saturated carbocycles. The molecule has 2 fully saturated rings. The maximum absolute atomic E-state index is 12.8. The standard InChI is InChI=1S/C24H28ClN3O2/c25-21-10-8-19(9-11-21)17-28-15-12-20(13-16-28)24(22(29)26-23(30)27-24)14-4-7-18-5-2-1-3-6-18/h1-3,5-6,8-11,20H,4,7,12-17H2,(H2,26,27,29,30)/t24-/m0/s1. The highest BCUT2D eigenvalue weighted by Crippen LogP contribution is 2.35. The van der Waals surface area contributed by atoms with Gasteiger partial charge < -0.3 is 5.32 Å². The zero-order chi connectivity index (χ0) is 21.0. The molecule has 2 saturated heterocycles. The number of nitrogens with zero attached hydrogens (tertiary/aromatic N) is 1. The van der Waals surface area contributed by atoms with Gasteiger partial charge in [0, 0.05) is 11.6 Å². The van der Waals surface area contributed by atoms with Gasteiger partial charge in [0.2, 0.25) is 0 Å². The molecule has 158 valence electrons. The third-order valence-corrected chi connectivity index (χ3v) is 6.70. The van der Waals surface area contributed by atoms with E-state index in [-0.39, 0.29) is 17.9 Å². The number of halogens is 1. The first kappa shape index (κ1) is 20.9. The lowest BCUT2D eigenvalue weighted by molar-refractivity contribution is -0.127. The fourth-order valence-electron chi connectivity index (χ4n) is 4.82. The third kappa shape index (κ3) is 4.68. The van der Waals surface area contributed by atoms with Gasteiger partial charge >= 0.3 is 6.03 Å². The van der Waals surface area contributed by atoms with Gasteiger partial charge in [0.1, 0.15) is 5.54 Å². The van der Waals surface area contributed by atoms with Crippen molar-refractivity contribution in [2.45, 2.75) is 44.2 Å². The molecule has 0 aromatic heterocycles. The van der Waals surface area contributed by atoms with Crippen LogP contribution in [0.15, 0.2) is 54.6 Å². The van der Waals surface area contributed by atoms with E-state index in [0.29, 0.717) is 6.42 Å². The molecule has 5 nitrogen and oxygen atoms in total. The number of hydrogen-bond acceptors (Lipinski definition) is 3. The molecule has 3 amide bonds. The first-order chi connectivity index (χ1) is 14.5. The van der Waals surface area contributed by atoms with Gasteiger partial charge in [-0.1, -0.05) is 54.1 Å². The highest BCUT2D eigenvalue weighted by molar-refractivity contribution is 6.30. The highest BCUT2D eigenvalue weighted by atomic mass is 35.5. The summed E-state index contributed by atoms with van der Waals surface area (Å²) in [6.45, 7) is 2.71. The van der Waals surface area contributed by atoms with Crippen molar-refractivity contribution in [2.75, 3.05) is 13.1 Å². The van der Waals surface area contributed by atoms with E-state index in [0.717, 1.165) is 50.3 Å². The average molecular weight is 426 g/mol. The van der Waals surface area contributed by atoms with Crippen molar-refractivity contribution in [3.05, 3.63) is 70.7 Å². The molecule has 1 atom stereocenters. The summed E-state index contributed by atoms with van der Waals surface area (Å²) in [5, 5.41) is 6.25. The Morgan fingerprint density at radius 1 is 0.967 bits per heavy atom. The molecule has 0 aliphatic carbocycles. The second-order valence-corrected chi connectivity index (χ2v) is 8.83. The summed E-state index contributed by atoms with van der Waals surface area (Å²) in [6, 6.07) is 17.9. The number of nitrogens with one attached hydrogen (secondary N) is 2. The van der Waals surface area contributed by atoms with Crippen LogP contribution < -0.4 is 10.6 Å². The Morgan fingerprint density at radius 3 is 2.30 bits per heavy atom. The molecule has 30 heavy (non-hydrogen) atoms. The van der Waals surface area contributed by atoms with Crippen molar-refractivity contribution in [1.29, 1.82) is 0 Å². The van der Waals surface area contributed by atoms with Crippen LogP contribution in [0.2, 0.25) is 5.02 Å². The van der Waals surface area contributed by atoms with E-state index in [1.54, 1.807) is 0 Å². The first-order valence-electron chi connectivity index (χ1n) is 10.7. The summed E-state index contributed by atoms with van der Waals surface area (Å²) in [7, 11) is 0. The van der Waals surface area contributed by atoms with Crippen LogP contribution in [0.1, 0.15) is 36.8 Å². The molecular weight excluding hydrogens is 398 g/mol. The second-order valence-electron chi connectivity index (χ2n) is 8.40. The molecule has 6 heteroatoms. The Labute approximate surface area is 182 Å². The van der Waals surface area contributed by atoms with Crippen molar-refractivity contribution >= 4 is 23.5 Å². The van der Waals surface area contributed by atoms with Crippen LogP contribution in [0.25, 0.3) is 0 Å². The number of urea groups is 1. The number of piperidine rings is 1. The lowest BCUT2D eigenvalue weighted by Gasteiger charge is -2.40. The molecule has 2 aromatic rings. The number of hydrogen-bond donors (Lipinski definition) is 2. The van der Waals surface area contributed by atoms with Gasteiger partial charge in [-0.25, -0.2) is 4.79 Å². The summed E-state index contributed by atoms with van der Waals surface area (Å²) < 4.78 is 0.